The highest BCUT2D eigenvalue weighted by molar-refractivity contribution is 5.92. The van der Waals surface area contributed by atoms with Gasteiger partial charge in [-0.3, -0.25) is 4.90 Å². The number of alkyl halides is 3. The van der Waals surface area contributed by atoms with Crippen molar-refractivity contribution in [3.05, 3.63) is 47.3 Å². The number of halogens is 3. The molecule has 11 heteroatoms. The van der Waals surface area contributed by atoms with Crippen LogP contribution in [0.1, 0.15) is 42.8 Å². The number of nitrogens with zero attached hydrogens (tertiary/aromatic N) is 3. The molecule has 1 fully saturated rings. The van der Waals surface area contributed by atoms with Gasteiger partial charge in [0.2, 0.25) is 0 Å². The Balaban J connectivity index is 1.68. The molecule has 0 bridgehead atoms. The second-order valence-corrected chi connectivity index (χ2v) is 9.86. The first-order valence-electron chi connectivity index (χ1n) is 12.4. The average Bonchev–Trinajstić information content (AvgIpc) is 3.21. The van der Waals surface area contributed by atoms with Gasteiger partial charge in [-0.25, -0.2) is 9.97 Å². The summed E-state index contributed by atoms with van der Waals surface area (Å²) < 4.78 is 57.5. The van der Waals surface area contributed by atoms with Gasteiger partial charge in [0.05, 0.1) is 36.4 Å². The fourth-order valence-electron chi connectivity index (χ4n) is 4.97. The molecule has 1 aliphatic rings. The fourth-order valence-corrected chi connectivity index (χ4v) is 4.97. The number of rotatable bonds is 9. The number of methoxy groups -OCH3 is 2. The molecule has 2 heterocycles. The largest absolute Gasteiger partial charge is 0.493 e. The van der Waals surface area contributed by atoms with Crippen molar-refractivity contribution < 1.29 is 27.4 Å². The Hall–Kier alpha value is -3.31. The highest BCUT2D eigenvalue weighted by atomic mass is 19.4. The zero-order chi connectivity index (χ0) is 27.7. The summed E-state index contributed by atoms with van der Waals surface area (Å²) in [6, 6.07) is 6.59. The van der Waals surface area contributed by atoms with Gasteiger partial charge in [0, 0.05) is 24.2 Å². The van der Waals surface area contributed by atoms with Crippen molar-refractivity contribution in [1.82, 2.24) is 14.9 Å². The number of likely N-dealkylation sites (tertiary alicyclic amines) is 1. The molecule has 206 valence electrons. The van der Waals surface area contributed by atoms with E-state index in [1.807, 2.05) is 0 Å². The smallest absolute Gasteiger partial charge is 0.416 e. The molecule has 0 aliphatic carbocycles. The lowest BCUT2D eigenvalue weighted by Crippen LogP contribution is -2.50. The number of ether oxygens (including phenoxy) is 3. The van der Waals surface area contributed by atoms with Crippen molar-refractivity contribution in [3.63, 3.8) is 0 Å². The average molecular weight is 534 g/mol. The number of nitrogen functional groups attached to an aromatic ring is 1. The van der Waals surface area contributed by atoms with E-state index in [1.165, 1.54) is 6.07 Å². The SMILES string of the molecule is COC[C@@]1(COc2cc3c(N[C@H](C)c4cc(N)cc(C(F)(F)F)c4)nc(C)nc3cc2OC)CCCN1C. The van der Waals surface area contributed by atoms with Crippen LogP contribution < -0.4 is 20.5 Å². The molecule has 0 spiro atoms. The number of fused-ring (bicyclic) bond motifs is 1. The zero-order valence-corrected chi connectivity index (χ0v) is 22.3. The summed E-state index contributed by atoms with van der Waals surface area (Å²) >= 11 is 0. The molecule has 38 heavy (non-hydrogen) atoms. The van der Waals surface area contributed by atoms with Gasteiger partial charge < -0.3 is 25.3 Å². The Morgan fingerprint density at radius 3 is 2.50 bits per heavy atom. The van der Waals surface area contributed by atoms with Crippen molar-refractivity contribution in [2.24, 2.45) is 0 Å². The number of anilines is 2. The summed E-state index contributed by atoms with van der Waals surface area (Å²) in [6.45, 7) is 5.39. The number of benzene rings is 2. The standard InChI is InChI=1S/C27H34F3N5O3/c1-16(18-9-19(27(28,29)30)11-20(31)10-18)32-25-21-12-24(23(37-5)13-22(21)33-17(2)34-25)38-15-26(14-36-4)7-6-8-35(26)3/h9-13,16H,6-8,14-15,31H2,1-5H3,(H,32,33,34)/t16-,26-/m1/s1. The molecule has 0 amide bonds. The Morgan fingerprint density at radius 2 is 1.87 bits per heavy atom. The van der Waals surface area contributed by atoms with Gasteiger partial charge in [-0.2, -0.15) is 13.2 Å². The van der Waals surface area contributed by atoms with Gasteiger partial charge in [0.15, 0.2) is 11.5 Å². The van der Waals surface area contributed by atoms with Gasteiger partial charge in [-0.1, -0.05) is 0 Å². The molecule has 1 saturated heterocycles. The zero-order valence-electron chi connectivity index (χ0n) is 22.3. The lowest BCUT2D eigenvalue weighted by Gasteiger charge is -2.35. The number of hydrogen-bond donors (Lipinski definition) is 2. The first-order chi connectivity index (χ1) is 18.0. The second kappa shape index (κ2) is 10.8. The van der Waals surface area contributed by atoms with Crippen LogP contribution in [-0.2, 0) is 10.9 Å². The third kappa shape index (κ3) is 5.73. The molecular formula is C27H34F3N5O3. The molecule has 0 unspecified atom stereocenters. The van der Waals surface area contributed by atoms with Crippen LogP contribution in [-0.4, -0.2) is 61.4 Å². The minimum absolute atomic E-state index is 0.0366. The first-order valence-corrected chi connectivity index (χ1v) is 12.4. The number of hydrogen-bond acceptors (Lipinski definition) is 8. The van der Waals surface area contributed by atoms with Gasteiger partial charge in [-0.05, 0) is 70.1 Å². The van der Waals surface area contributed by atoms with E-state index in [9.17, 15) is 13.2 Å². The molecule has 2 aromatic carbocycles. The Morgan fingerprint density at radius 1 is 1.11 bits per heavy atom. The van der Waals surface area contributed by atoms with Gasteiger partial charge in [0.1, 0.15) is 18.2 Å². The molecule has 3 aromatic rings. The maximum atomic E-state index is 13.4. The van der Waals surface area contributed by atoms with Crippen LogP contribution in [0.15, 0.2) is 30.3 Å². The number of nitrogens with one attached hydrogen (secondary N) is 1. The van der Waals surface area contributed by atoms with Crippen molar-refractivity contribution in [3.8, 4) is 11.5 Å². The molecule has 1 aromatic heterocycles. The minimum atomic E-state index is -4.50. The van der Waals surface area contributed by atoms with Crippen molar-refractivity contribution in [1.29, 1.82) is 0 Å². The highest BCUT2D eigenvalue weighted by Crippen LogP contribution is 2.38. The molecule has 0 saturated carbocycles. The third-order valence-electron chi connectivity index (χ3n) is 7.11. The van der Waals surface area contributed by atoms with E-state index in [1.54, 1.807) is 40.2 Å². The van der Waals surface area contributed by atoms with E-state index in [-0.39, 0.29) is 11.2 Å². The van der Waals surface area contributed by atoms with Crippen molar-refractivity contribution >= 4 is 22.4 Å². The molecule has 8 nitrogen and oxygen atoms in total. The molecular weight excluding hydrogens is 499 g/mol. The van der Waals surface area contributed by atoms with Crippen LogP contribution in [0.4, 0.5) is 24.7 Å². The number of nitrogens with two attached hydrogens (primary N) is 1. The number of aryl methyl sites for hydroxylation is 1. The van der Waals surface area contributed by atoms with E-state index < -0.39 is 17.8 Å². The normalized spacial score (nSPS) is 19.1. The molecule has 4 rings (SSSR count). The summed E-state index contributed by atoms with van der Waals surface area (Å²) in [7, 11) is 5.31. The summed E-state index contributed by atoms with van der Waals surface area (Å²) in [5.74, 6) is 2.00. The minimum Gasteiger partial charge on any atom is -0.493 e. The lowest BCUT2D eigenvalue weighted by atomic mass is 9.99. The van der Waals surface area contributed by atoms with E-state index in [0.717, 1.165) is 31.5 Å². The van der Waals surface area contributed by atoms with Crippen molar-refractivity contribution in [2.75, 3.05) is 52.1 Å². The second-order valence-electron chi connectivity index (χ2n) is 9.86. The van der Waals surface area contributed by atoms with Crippen molar-refractivity contribution in [2.45, 2.75) is 44.4 Å². The lowest BCUT2D eigenvalue weighted by molar-refractivity contribution is -0.137. The van der Waals surface area contributed by atoms with Gasteiger partial charge in [0.25, 0.3) is 0 Å². The fraction of sp³-hybridized carbons (Fsp3) is 0.481. The van der Waals surface area contributed by atoms with E-state index in [0.29, 0.717) is 52.8 Å². The Bertz CT molecular complexity index is 1300. The monoisotopic (exact) mass is 533 g/mol. The summed E-state index contributed by atoms with van der Waals surface area (Å²) in [5, 5.41) is 3.90. The molecule has 0 radical (unpaired) electrons. The van der Waals surface area contributed by atoms with Crippen LogP contribution in [0.5, 0.6) is 11.5 Å². The van der Waals surface area contributed by atoms with Crippen LogP contribution in [0.3, 0.4) is 0 Å². The first kappa shape index (κ1) is 27.7. The highest BCUT2D eigenvalue weighted by Gasteiger charge is 2.40. The summed E-state index contributed by atoms with van der Waals surface area (Å²) in [4.78, 5) is 11.3. The predicted molar refractivity (Wildman–Crippen MR) is 141 cm³/mol. The summed E-state index contributed by atoms with van der Waals surface area (Å²) in [6.07, 6.45) is -2.50. The molecule has 3 N–H and O–H groups in total. The third-order valence-corrected chi connectivity index (χ3v) is 7.11. The topological polar surface area (TPSA) is 94.8 Å². The van der Waals surface area contributed by atoms with E-state index in [2.05, 4.69) is 27.2 Å². The number of likely N-dealkylation sites (N-methyl/N-ethyl adjacent to an activating group) is 1. The maximum absolute atomic E-state index is 13.4. The predicted octanol–water partition coefficient (Wildman–Crippen LogP) is 5.21. The summed E-state index contributed by atoms with van der Waals surface area (Å²) in [5.41, 5.74) is 5.77. The number of aromatic nitrogens is 2. The molecule has 1 aliphatic heterocycles. The van der Waals surface area contributed by atoms with Gasteiger partial charge in [-0.15, -0.1) is 0 Å². The maximum Gasteiger partial charge on any atom is 0.416 e. The van der Waals surface area contributed by atoms with E-state index >= 15 is 0 Å². The molecule has 2 atom stereocenters. The Kier molecular flexibility index (Phi) is 7.89. The van der Waals surface area contributed by atoms with Crippen LogP contribution in [0.25, 0.3) is 10.9 Å². The van der Waals surface area contributed by atoms with E-state index in [4.69, 9.17) is 19.9 Å². The van der Waals surface area contributed by atoms with Crippen LogP contribution >= 0.6 is 0 Å². The van der Waals surface area contributed by atoms with Crippen LogP contribution in [0, 0.1) is 6.92 Å². The van der Waals surface area contributed by atoms with Gasteiger partial charge >= 0.3 is 6.18 Å². The Labute approximate surface area is 220 Å². The van der Waals surface area contributed by atoms with Crippen LogP contribution in [0.2, 0.25) is 0 Å². The quantitative estimate of drug-likeness (QED) is 0.362.